The Morgan fingerprint density at radius 2 is 1.65 bits per heavy atom. The van der Waals surface area contributed by atoms with Crippen LogP contribution in [0.2, 0.25) is 0 Å². The van der Waals surface area contributed by atoms with Crippen molar-refractivity contribution in [2.75, 3.05) is 58.6 Å². The molecule has 2 aliphatic rings. The Hall–Kier alpha value is -5.44. The molecule has 2 aromatic heterocycles. The first-order chi connectivity index (χ1) is 33.3. The second-order valence-corrected chi connectivity index (χ2v) is 22.6. The first kappa shape index (κ1) is 54.9. The summed E-state index contributed by atoms with van der Waals surface area (Å²) in [5.74, 6) is -0.839. The average Bonchev–Trinajstić information content (AvgIpc) is 3.94. The maximum Gasteiger partial charge on any atom is 0.246 e. The molecule has 1 fully saturated rings. The maximum absolute atomic E-state index is 14.4. The average molecular weight is 1020 g/mol. The molecule has 20 heteroatoms. The number of likely N-dealkylation sites (tertiary alicyclic amines) is 1. The number of amides is 3. The minimum Gasteiger partial charge on any atom is -0.490 e. The molecule has 7 rings (SSSR count). The molecule has 386 valence electrons. The van der Waals surface area contributed by atoms with Crippen molar-refractivity contribution in [2.24, 2.45) is 5.41 Å². The molecule has 0 unspecified atom stereocenters. The van der Waals surface area contributed by atoms with E-state index in [0.717, 1.165) is 24.8 Å². The highest BCUT2D eigenvalue weighted by Gasteiger charge is 2.46. The summed E-state index contributed by atoms with van der Waals surface area (Å²) in [4.78, 5) is 47.6. The van der Waals surface area contributed by atoms with Gasteiger partial charge in [-0.15, -0.1) is 12.4 Å². The number of anilines is 2. The molecule has 0 saturated carbocycles. The lowest BCUT2D eigenvalue weighted by molar-refractivity contribution is -0.144. The van der Waals surface area contributed by atoms with Gasteiger partial charge < -0.3 is 45.1 Å². The highest BCUT2D eigenvalue weighted by molar-refractivity contribution is 7.92. The van der Waals surface area contributed by atoms with Crippen molar-refractivity contribution < 1.29 is 46.1 Å². The van der Waals surface area contributed by atoms with Gasteiger partial charge in [-0.2, -0.15) is 5.10 Å². The number of benzene rings is 3. The van der Waals surface area contributed by atoms with Crippen LogP contribution in [0.4, 0.5) is 15.9 Å². The number of carbonyl (C=O) groups excluding carboxylic acids is 3. The first-order valence-electron chi connectivity index (χ1n) is 23.9. The van der Waals surface area contributed by atoms with Crippen molar-refractivity contribution in [3.63, 3.8) is 0 Å². The Morgan fingerprint density at radius 1 is 0.930 bits per heavy atom. The number of fused-ring (bicyclic) bond motifs is 3. The minimum absolute atomic E-state index is 0. The van der Waals surface area contributed by atoms with Gasteiger partial charge in [0.15, 0.2) is 15.7 Å². The van der Waals surface area contributed by atoms with E-state index in [4.69, 9.17) is 18.9 Å². The van der Waals surface area contributed by atoms with Gasteiger partial charge in [-0.1, -0.05) is 45.0 Å². The highest BCUT2D eigenvalue weighted by atomic mass is 35.5. The number of nitrogens with one attached hydrogen (secondary N) is 5. The summed E-state index contributed by atoms with van der Waals surface area (Å²) in [6.45, 7) is 13.5. The van der Waals surface area contributed by atoms with Crippen LogP contribution < -0.4 is 26.0 Å². The molecule has 1 saturated heterocycles. The fourth-order valence-corrected chi connectivity index (χ4v) is 10.0. The molecule has 5 aromatic rings. The molecule has 1 aliphatic carbocycles. The minimum atomic E-state index is -3.91. The van der Waals surface area contributed by atoms with Crippen LogP contribution in [0.3, 0.4) is 0 Å². The number of ether oxygens (including phenoxy) is 4. The van der Waals surface area contributed by atoms with E-state index < -0.39 is 50.0 Å². The topological polar surface area (TPSA) is 215 Å². The number of halogens is 2. The van der Waals surface area contributed by atoms with Crippen LogP contribution in [-0.4, -0.2) is 128 Å². The van der Waals surface area contributed by atoms with E-state index in [1.165, 1.54) is 23.8 Å². The third kappa shape index (κ3) is 13.0. The summed E-state index contributed by atoms with van der Waals surface area (Å²) in [6, 6.07) is 14.8. The lowest BCUT2D eigenvalue weighted by Crippen LogP contribution is -2.59. The van der Waals surface area contributed by atoms with Gasteiger partial charge >= 0.3 is 0 Å². The Balaban J connectivity index is 0.00000825. The zero-order valence-electron chi connectivity index (χ0n) is 41.7. The zero-order valence-corrected chi connectivity index (χ0v) is 43.4. The number of aromatic amines is 1. The van der Waals surface area contributed by atoms with Crippen molar-refractivity contribution in [3.8, 4) is 5.75 Å². The van der Waals surface area contributed by atoms with Crippen molar-refractivity contribution in [1.82, 2.24) is 36.0 Å². The summed E-state index contributed by atoms with van der Waals surface area (Å²) in [7, 11) is -2.24. The molecule has 1 aliphatic heterocycles. The number of rotatable bonds is 20. The Kier molecular flexibility index (Phi) is 18.1. The third-order valence-electron chi connectivity index (χ3n) is 12.9. The fraction of sp³-hybridized carbons (Fsp3) is 0.510. The van der Waals surface area contributed by atoms with Gasteiger partial charge in [0.1, 0.15) is 35.2 Å². The molecular weight excluding hydrogens is 955 g/mol. The lowest BCUT2D eigenvalue weighted by atomic mass is 9.85. The quantitative estimate of drug-likeness (QED) is 0.0513. The Labute approximate surface area is 421 Å². The molecule has 3 heterocycles. The zero-order chi connectivity index (χ0) is 50.4. The summed E-state index contributed by atoms with van der Waals surface area (Å²) >= 11 is 0. The molecular formula is C51H68ClFN8O9S. The van der Waals surface area contributed by atoms with E-state index in [2.05, 4.69) is 42.5 Å². The molecule has 0 spiro atoms. The summed E-state index contributed by atoms with van der Waals surface area (Å²) < 4.78 is 64.7. The molecule has 5 N–H and O–H groups in total. The number of aromatic nitrogens is 3. The van der Waals surface area contributed by atoms with Gasteiger partial charge in [0.05, 0.1) is 72.7 Å². The Bertz CT molecular complexity index is 2780. The third-order valence-corrected chi connectivity index (χ3v) is 15.4. The van der Waals surface area contributed by atoms with Gasteiger partial charge in [-0.3, -0.25) is 24.5 Å². The van der Waals surface area contributed by atoms with Gasteiger partial charge in [-0.05, 0) is 101 Å². The van der Waals surface area contributed by atoms with E-state index in [9.17, 15) is 27.2 Å². The summed E-state index contributed by atoms with van der Waals surface area (Å²) in [6.07, 6.45) is 4.08. The van der Waals surface area contributed by atoms with Crippen molar-refractivity contribution in [2.45, 2.75) is 114 Å². The number of sulfone groups is 1. The van der Waals surface area contributed by atoms with E-state index in [-0.39, 0.29) is 99.4 Å². The summed E-state index contributed by atoms with van der Waals surface area (Å²) in [5.41, 5.74) is 3.27. The monoisotopic (exact) mass is 1020 g/mol. The summed E-state index contributed by atoms with van der Waals surface area (Å²) in [5, 5.41) is 20.5. The smallest absolute Gasteiger partial charge is 0.246 e. The lowest BCUT2D eigenvalue weighted by Gasteiger charge is -2.36. The van der Waals surface area contributed by atoms with Crippen LogP contribution >= 0.6 is 12.4 Å². The van der Waals surface area contributed by atoms with Gasteiger partial charge in [0.2, 0.25) is 17.7 Å². The molecule has 0 radical (unpaired) electrons. The normalized spacial score (nSPS) is 18.1. The van der Waals surface area contributed by atoms with Gasteiger partial charge in [0, 0.05) is 36.0 Å². The number of carbonyl (C=O) groups is 3. The van der Waals surface area contributed by atoms with Crippen LogP contribution in [0.5, 0.6) is 5.75 Å². The molecule has 71 heavy (non-hydrogen) atoms. The van der Waals surface area contributed by atoms with Crippen LogP contribution in [0, 0.1) is 11.2 Å². The van der Waals surface area contributed by atoms with Crippen LogP contribution in [0.25, 0.3) is 21.8 Å². The number of nitrogens with zero attached hydrogens (tertiary/aromatic N) is 3. The predicted octanol–water partition coefficient (Wildman–Crippen LogP) is 6.72. The molecule has 17 nitrogen and oxygen atoms in total. The predicted molar refractivity (Wildman–Crippen MR) is 272 cm³/mol. The van der Waals surface area contributed by atoms with Crippen LogP contribution in [-0.2, 0) is 44.9 Å². The van der Waals surface area contributed by atoms with Gasteiger partial charge in [-0.25, -0.2) is 12.8 Å². The van der Waals surface area contributed by atoms with Crippen molar-refractivity contribution in [1.29, 1.82) is 0 Å². The van der Waals surface area contributed by atoms with Crippen LogP contribution in [0.15, 0.2) is 71.8 Å². The molecule has 3 amide bonds. The number of aryl methyl sites for hydroxylation is 1. The number of H-pyrrole nitrogens is 1. The number of hydrogen-bond donors (Lipinski definition) is 5. The molecule has 0 bridgehead atoms. The number of hydrogen-bond acceptors (Lipinski definition) is 13. The number of pyridine rings is 1. The Morgan fingerprint density at radius 3 is 2.37 bits per heavy atom. The largest absolute Gasteiger partial charge is 0.490 e. The van der Waals surface area contributed by atoms with E-state index >= 15 is 0 Å². The SMILES string of the molecule is CN[C@@H](C)C(=O)N[C@H](C(=O)N1C[C@@H](OCCOCCOCCOc2cc3nccc(Nc4n[nH]c5ccc(F)cc45)c3cc2S(=O)(=O)C(C)(C)C)C[C@H]1C(=O)N[C@@H]1CCCc2ccccc21)C(C)(C)C.Cl. The maximum atomic E-state index is 14.4. The molecule has 3 aromatic carbocycles. The van der Waals surface area contributed by atoms with E-state index in [0.29, 0.717) is 33.3 Å². The molecule has 5 atom stereocenters. The van der Waals surface area contributed by atoms with E-state index in [1.54, 1.807) is 64.0 Å². The van der Waals surface area contributed by atoms with Crippen molar-refractivity contribution >= 4 is 73.3 Å². The van der Waals surface area contributed by atoms with Gasteiger partial charge in [0.25, 0.3) is 0 Å². The first-order valence-corrected chi connectivity index (χ1v) is 25.4. The second kappa shape index (κ2) is 23.4. The van der Waals surface area contributed by atoms with Crippen molar-refractivity contribution in [3.05, 3.63) is 83.8 Å². The highest BCUT2D eigenvalue weighted by Crippen LogP contribution is 2.38. The number of likely N-dealkylation sites (N-methyl/N-ethyl adjacent to an activating group) is 1. The van der Waals surface area contributed by atoms with E-state index in [1.807, 2.05) is 39.0 Å². The fourth-order valence-electron chi connectivity index (χ4n) is 8.73. The standard InChI is InChI=1S/C51H67FN8O9S.ClH/c1-31(53-8)47(61)57-45(50(2,3)4)49(63)60-30-34(27-42(60)48(62)56-38-15-11-13-32-12-9-10-14-35(32)38)68-24-22-66-20-21-67-23-25-69-43-29-41-36(28-44(43)70(64,65)51(5,6)7)39(18-19-54-41)55-46-37-26-33(52)16-17-40(37)58-59-46;/h9-10,12,14,16-19,26,28-29,31,34,38,42,45,53H,11,13,15,20-25,27,30H2,1-8H3,(H,56,62)(H,57,61)(H2,54,55,58,59);1H/t31-,34-,38+,42-,45+;/m0./s1. The second-order valence-electron chi connectivity index (χ2n) is 20.0. The van der Waals surface area contributed by atoms with Crippen LogP contribution in [0.1, 0.15) is 84.9 Å².